The molecule has 2 fully saturated rings. The number of nitrogens with zero attached hydrogens (tertiary/aromatic N) is 2. The van der Waals surface area contributed by atoms with E-state index in [1.54, 1.807) is 0 Å². The molecule has 0 bridgehead atoms. The molecule has 0 radical (unpaired) electrons. The Bertz CT molecular complexity index is 2010. The fourth-order valence-corrected chi connectivity index (χ4v) is 15.4. The number of aliphatic hydroxyl groups excluding tert-OH is 8. The summed E-state index contributed by atoms with van der Waals surface area (Å²) in [4.78, 5) is 76.8. The number of hydrogen-bond donors (Lipinski definition) is 12. The fraction of sp³-hybridized carbons (Fsp3) is 0.500. The first kappa shape index (κ1) is 57.6. The minimum Gasteiger partial charge on any atom is -0.394 e. The van der Waals surface area contributed by atoms with Gasteiger partial charge in [-0.25, -0.2) is 0 Å². The van der Waals surface area contributed by atoms with Crippen LogP contribution in [0.2, 0.25) is 0 Å². The Morgan fingerprint density at radius 3 is 1.06 bits per heavy atom. The molecule has 4 rings (SSSR count). The predicted octanol–water partition coefficient (Wildman–Crippen LogP) is -0.0576. The van der Waals surface area contributed by atoms with Gasteiger partial charge in [0.2, 0.25) is 23.6 Å². The summed E-state index contributed by atoms with van der Waals surface area (Å²) in [7, 11) is 3.06. The van der Waals surface area contributed by atoms with E-state index in [-0.39, 0.29) is 34.8 Å². The van der Waals surface area contributed by atoms with Crippen LogP contribution in [-0.4, -0.2) is 165 Å². The van der Waals surface area contributed by atoms with Crippen molar-refractivity contribution in [3.63, 3.8) is 0 Å². The van der Waals surface area contributed by atoms with Gasteiger partial charge in [-0.3, -0.25) is 28.8 Å². The molecular weight excluding hydrogens is 1530 g/mol. The molecule has 2 aromatic carbocycles. The molecule has 0 spiro atoms. The fourth-order valence-electron chi connectivity index (χ4n) is 6.13. The molecule has 2 aromatic rings. The van der Waals surface area contributed by atoms with Gasteiger partial charge >= 0.3 is 0 Å². The molecule has 2 aliphatic rings. The van der Waals surface area contributed by atoms with Crippen LogP contribution in [0.5, 0.6) is 0 Å². The quantitative estimate of drug-likeness (QED) is 0.139. The second-order valence-electron chi connectivity index (χ2n) is 14.1. The highest BCUT2D eigenvalue weighted by Gasteiger charge is 2.46. The molecule has 2 saturated heterocycles. The molecule has 28 heteroatoms. The lowest BCUT2D eigenvalue weighted by atomic mass is 9.96. The molecule has 356 valence electrons. The third kappa shape index (κ3) is 12.9. The van der Waals surface area contributed by atoms with Crippen LogP contribution in [-0.2, 0) is 28.7 Å². The zero-order valence-electron chi connectivity index (χ0n) is 34.2. The summed E-state index contributed by atoms with van der Waals surface area (Å²) in [5.74, 6) is -2.83. The van der Waals surface area contributed by atoms with Crippen LogP contribution in [0.3, 0.4) is 0 Å². The zero-order valence-corrected chi connectivity index (χ0v) is 47.1. The van der Waals surface area contributed by atoms with E-state index in [2.05, 4.69) is 21.3 Å². The molecule has 0 aliphatic carbocycles. The Hall–Kier alpha value is -0.760. The van der Waals surface area contributed by atoms with Crippen molar-refractivity contribution < 1.29 is 79.1 Å². The Kier molecular flexibility index (Phi) is 22.2. The van der Waals surface area contributed by atoms with Crippen LogP contribution in [0.1, 0.15) is 48.4 Å². The minimum absolute atomic E-state index is 0.0941. The number of hydrogen-bond acceptors (Lipinski definition) is 16. The van der Waals surface area contributed by atoms with Crippen LogP contribution in [0.15, 0.2) is 0 Å². The Labute approximate surface area is 447 Å². The van der Waals surface area contributed by atoms with Crippen molar-refractivity contribution in [3.8, 4) is 0 Å². The molecular formula is C36H44I6N6O16. The van der Waals surface area contributed by atoms with E-state index in [0.717, 1.165) is 0 Å². The molecule has 10 atom stereocenters. The topological polar surface area (TPSA) is 337 Å². The average Bonchev–Trinajstić information content (AvgIpc) is 3.20. The maximum absolute atomic E-state index is 13.2. The average molecular weight is 1580 g/mol. The summed E-state index contributed by atoms with van der Waals surface area (Å²) >= 11 is 11.6. The molecule has 6 amide bonds. The van der Waals surface area contributed by atoms with Crippen molar-refractivity contribution in [2.45, 2.75) is 89.0 Å². The van der Waals surface area contributed by atoms with E-state index in [9.17, 15) is 69.6 Å². The van der Waals surface area contributed by atoms with Gasteiger partial charge in [0.05, 0.1) is 68.5 Å². The Morgan fingerprint density at radius 1 is 0.516 bits per heavy atom. The zero-order chi connectivity index (χ0) is 49.0. The van der Waals surface area contributed by atoms with Gasteiger partial charge in [0.25, 0.3) is 11.8 Å². The number of amides is 6. The van der Waals surface area contributed by atoms with Gasteiger partial charge in [0.1, 0.15) is 48.7 Å². The van der Waals surface area contributed by atoms with Gasteiger partial charge < -0.3 is 81.4 Å². The monoisotopic (exact) mass is 1580 g/mol. The molecule has 12 N–H and O–H groups in total. The standard InChI is InChI=1S/2C18H22I3N3O8/c2*1-5(26)22-12-9(19)8(10(20)14(11(12)21)24(3)6(2)27)17(30)23-13-16(29)15(28)7(4-25)32-18(13)31/h2*7,13,15-16,18,25,28-29,31H,4H2,1-3H3,(H,22,26)(H,23,30)/t2*7-,13-,15-,16-,18?/m11/s1. The lowest BCUT2D eigenvalue weighted by molar-refractivity contribution is -0.252. The smallest absolute Gasteiger partial charge is 0.254 e. The maximum Gasteiger partial charge on any atom is 0.254 e. The summed E-state index contributed by atoms with van der Waals surface area (Å²) in [5, 5.41) is 89.9. The summed E-state index contributed by atoms with van der Waals surface area (Å²) < 4.78 is 12.8. The molecule has 2 unspecified atom stereocenters. The number of aliphatic hydroxyl groups is 8. The van der Waals surface area contributed by atoms with Crippen LogP contribution in [0, 0.1) is 21.4 Å². The highest BCUT2D eigenvalue weighted by Crippen LogP contribution is 2.42. The van der Waals surface area contributed by atoms with Crippen molar-refractivity contribution in [1.82, 2.24) is 10.6 Å². The molecule has 0 saturated carbocycles. The van der Waals surface area contributed by atoms with E-state index in [1.807, 2.05) is 136 Å². The van der Waals surface area contributed by atoms with Crippen molar-refractivity contribution in [3.05, 3.63) is 32.5 Å². The molecule has 2 aliphatic heterocycles. The summed E-state index contributed by atoms with van der Waals surface area (Å²) in [6, 6.07) is -2.80. The number of nitrogens with one attached hydrogen (secondary N) is 4. The summed E-state index contributed by atoms with van der Waals surface area (Å²) in [6.07, 6.45) is -12.1. The Morgan fingerprint density at radius 2 is 0.812 bits per heavy atom. The van der Waals surface area contributed by atoms with E-state index in [4.69, 9.17) is 9.47 Å². The van der Waals surface area contributed by atoms with Crippen LogP contribution in [0.4, 0.5) is 22.7 Å². The highest BCUT2D eigenvalue weighted by molar-refractivity contribution is 14.1. The number of carbonyl (C=O) groups excluding carboxylic acids is 6. The maximum atomic E-state index is 13.2. The van der Waals surface area contributed by atoms with E-state index < -0.39 is 86.3 Å². The van der Waals surface area contributed by atoms with Gasteiger partial charge in [-0.1, -0.05) is 0 Å². The molecule has 64 heavy (non-hydrogen) atoms. The third-order valence-electron chi connectivity index (χ3n) is 9.66. The van der Waals surface area contributed by atoms with Gasteiger partial charge in [-0.05, 0) is 136 Å². The van der Waals surface area contributed by atoms with Crippen molar-refractivity contribution in [1.29, 1.82) is 0 Å². The van der Waals surface area contributed by atoms with Crippen molar-refractivity contribution in [2.24, 2.45) is 0 Å². The minimum atomic E-state index is -1.69. The third-order valence-corrected chi connectivity index (χ3v) is 16.0. The first-order valence-electron chi connectivity index (χ1n) is 18.3. The second kappa shape index (κ2) is 24.7. The van der Waals surface area contributed by atoms with Crippen LogP contribution in [0.25, 0.3) is 0 Å². The van der Waals surface area contributed by atoms with Crippen molar-refractivity contribution >= 4 is 194 Å². The van der Waals surface area contributed by atoms with Gasteiger partial charge in [0, 0.05) is 41.8 Å². The van der Waals surface area contributed by atoms with E-state index in [0.29, 0.717) is 44.2 Å². The SMILES string of the molecule is CC(=O)Nc1c(I)c(C(=O)N[C@H]2C(O)O[C@H](CO)[C@@H](O)[C@@H]2O)c(I)c(N(C)C(C)=O)c1I.CC(=O)Nc1c(I)c(C(=O)N[C@H]2C(O)O[C@H](CO)[C@@H](O)[C@@H]2O)c(I)c(N(C)C(C)=O)c1I. The second-order valence-corrected chi connectivity index (χ2v) is 20.5. The molecule has 2 heterocycles. The highest BCUT2D eigenvalue weighted by atomic mass is 127. The lowest BCUT2D eigenvalue weighted by Crippen LogP contribution is -2.64. The number of benzene rings is 2. The van der Waals surface area contributed by atoms with Crippen LogP contribution < -0.4 is 31.1 Å². The Balaban J connectivity index is 0.000000340. The first-order chi connectivity index (χ1) is 29.7. The number of halogens is 6. The molecule has 0 aromatic heterocycles. The summed E-state index contributed by atoms with van der Waals surface area (Å²) in [6.45, 7) is 4.06. The predicted molar refractivity (Wildman–Crippen MR) is 278 cm³/mol. The number of ether oxygens (including phenoxy) is 2. The lowest BCUT2D eigenvalue weighted by Gasteiger charge is -2.40. The van der Waals surface area contributed by atoms with Gasteiger partial charge in [0.15, 0.2) is 12.6 Å². The largest absolute Gasteiger partial charge is 0.394 e. The number of rotatable bonds is 10. The van der Waals surface area contributed by atoms with E-state index in [1.165, 1.54) is 51.6 Å². The normalized spacial score (nSPS) is 25.2. The van der Waals surface area contributed by atoms with Gasteiger partial charge in [-0.15, -0.1) is 0 Å². The molecule has 22 nitrogen and oxygen atoms in total. The summed E-state index contributed by atoms with van der Waals surface area (Å²) in [5.41, 5.74) is 1.64. The number of carbonyl (C=O) groups is 6. The van der Waals surface area contributed by atoms with Crippen molar-refractivity contribution in [2.75, 3.05) is 47.7 Å². The van der Waals surface area contributed by atoms with E-state index >= 15 is 0 Å². The van der Waals surface area contributed by atoms with Gasteiger partial charge in [-0.2, -0.15) is 0 Å². The van der Waals surface area contributed by atoms with Crippen LogP contribution >= 0.6 is 136 Å². The number of anilines is 4. The first-order valence-corrected chi connectivity index (χ1v) is 24.8.